The van der Waals surface area contributed by atoms with Crippen LogP contribution >= 0.6 is 11.6 Å². The van der Waals surface area contributed by atoms with Gasteiger partial charge in [-0.3, -0.25) is 14.6 Å². The van der Waals surface area contributed by atoms with Crippen LogP contribution in [0.2, 0.25) is 5.02 Å². The van der Waals surface area contributed by atoms with E-state index in [1.54, 1.807) is 37.4 Å². The van der Waals surface area contributed by atoms with Gasteiger partial charge >= 0.3 is 0 Å². The van der Waals surface area contributed by atoms with Crippen LogP contribution < -0.4 is 15.5 Å². The first-order chi connectivity index (χ1) is 17.5. The predicted molar refractivity (Wildman–Crippen MR) is 146 cm³/mol. The number of carbonyl (C=O) groups is 2. The third-order valence-corrected chi connectivity index (χ3v) is 6.16. The highest BCUT2D eigenvalue weighted by atomic mass is 35.5. The Bertz CT molecular complexity index is 1420. The van der Waals surface area contributed by atoms with Crippen LogP contribution in [-0.2, 0) is 4.79 Å². The second-order valence-corrected chi connectivity index (χ2v) is 8.51. The predicted octanol–water partition coefficient (Wildman–Crippen LogP) is 5.47. The third-order valence-electron chi connectivity index (χ3n) is 5.83. The Balaban J connectivity index is 0.00000148. The van der Waals surface area contributed by atoms with Crippen LogP contribution in [0.25, 0.3) is 22.0 Å². The summed E-state index contributed by atoms with van der Waals surface area (Å²) in [5.41, 5.74) is 3.16. The maximum absolute atomic E-state index is 13.0. The number of amides is 2. The molecule has 1 saturated heterocycles. The number of nitrogens with one attached hydrogen (secondary N) is 2. The Kier molecular flexibility index (Phi) is 7.80. The molecule has 184 valence electrons. The van der Waals surface area contributed by atoms with E-state index in [0.29, 0.717) is 40.9 Å². The number of anilines is 2. The van der Waals surface area contributed by atoms with Crippen molar-refractivity contribution in [2.24, 2.45) is 0 Å². The van der Waals surface area contributed by atoms with E-state index in [2.05, 4.69) is 20.6 Å². The lowest BCUT2D eigenvalue weighted by Gasteiger charge is -2.28. The van der Waals surface area contributed by atoms with Crippen molar-refractivity contribution in [1.29, 1.82) is 0 Å². The van der Waals surface area contributed by atoms with Crippen LogP contribution in [-0.4, -0.2) is 41.4 Å². The van der Waals surface area contributed by atoms with E-state index in [1.165, 1.54) is 0 Å². The van der Waals surface area contributed by atoms with Crippen molar-refractivity contribution >= 4 is 45.7 Å². The van der Waals surface area contributed by atoms with Gasteiger partial charge in [-0.05, 0) is 48.7 Å². The minimum absolute atomic E-state index is 0.0354. The first-order valence-electron chi connectivity index (χ1n) is 11.9. The second-order valence-electron chi connectivity index (χ2n) is 8.10. The number of halogens is 1. The summed E-state index contributed by atoms with van der Waals surface area (Å²) in [6, 6.07) is 18.8. The lowest BCUT2D eigenvalue weighted by molar-refractivity contribution is -0.120. The number of rotatable bonds is 4. The monoisotopic (exact) mass is 501 g/mol. The fourth-order valence-electron chi connectivity index (χ4n) is 4.12. The van der Waals surface area contributed by atoms with Gasteiger partial charge in [0.25, 0.3) is 5.91 Å². The highest BCUT2D eigenvalue weighted by molar-refractivity contribution is 6.33. The van der Waals surface area contributed by atoms with Gasteiger partial charge in [0.1, 0.15) is 5.82 Å². The summed E-state index contributed by atoms with van der Waals surface area (Å²) >= 11 is 6.52. The van der Waals surface area contributed by atoms with Crippen molar-refractivity contribution in [3.05, 3.63) is 83.1 Å². The molecular weight excluding hydrogens is 474 g/mol. The first-order valence-corrected chi connectivity index (χ1v) is 12.3. The number of hydrogen-bond acceptors (Lipinski definition) is 5. The fraction of sp³-hybridized carbons (Fsp3) is 0.214. The molecule has 0 unspecified atom stereocenters. The Hall–Kier alpha value is -3.97. The molecule has 0 atom stereocenters. The first kappa shape index (κ1) is 25.1. The minimum Gasteiger partial charge on any atom is -0.353 e. The number of aromatic nitrogens is 2. The maximum atomic E-state index is 13.0. The Morgan fingerprint density at radius 1 is 1.08 bits per heavy atom. The van der Waals surface area contributed by atoms with Gasteiger partial charge in [-0.15, -0.1) is 0 Å². The number of piperazine rings is 1. The van der Waals surface area contributed by atoms with E-state index in [1.807, 2.05) is 55.1 Å². The van der Waals surface area contributed by atoms with E-state index >= 15 is 0 Å². The molecule has 4 aromatic rings. The SMILES string of the molecule is CC.Cc1nc(N2CCNC(=O)C2)ccc1C(=O)Nc1ccc(Cl)c(-c2nccc3ccccc23)c1. The fourth-order valence-corrected chi connectivity index (χ4v) is 4.32. The van der Waals surface area contributed by atoms with Gasteiger partial charge in [0.2, 0.25) is 5.91 Å². The van der Waals surface area contributed by atoms with Crippen LogP contribution in [0.3, 0.4) is 0 Å². The second kappa shape index (κ2) is 11.2. The topological polar surface area (TPSA) is 87.2 Å². The number of pyridine rings is 2. The lowest BCUT2D eigenvalue weighted by Crippen LogP contribution is -2.48. The molecule has 3 heterocycles. The van der Waals surface area contributed by atoms with Gasteiger partial charge in [0, 0.05) is 35.9 Å². The molecule has 0 radical (unpaired) electrons. The van der Waals surface area contributed by atoms with Crippen LogP contribution in [0.5, 0.6) is 0 Å². The third kappa shape index (κ3) is 5.31. The van der Waals surface area contributed by atoms with Crippen molar-refractivity contribution in [2.45, 2.75) is 20.8 Å². The Morgan fingerprint density at radius 3 is 2.67 bits per heavy atom. The molecule has 0 bridgehead atoms. The van der Waals surface area contributed by atoms with E-state index < -0.39 is 0 Å². The normalized spacial score (nSPS) is 13.0. The molecule has 2 aromatic heterocycles. The molecule has 0 spiro atoms. The number of benzene rings is 2. The van der Waals surface area contributed by atoms with Crippen LogP contribution in [0.15, 0.2) is 66.9 Å². The average molecular weight is 502 g/mol. The van der Waals surface area contributed by atoms with Gasteiger partial charge in [-0.1, -0.05) is 49.7 Å². The number of nitrogens with zero attached hydrogens (tertiary/aromatic N) is 3. The molecule has 1 aliphatic rings. The summed E-state index contributed by atoms with van der Waals surface area (Å²) < 4.78 is 0. The highest BCUT2D eigenvalue weighted by Gasteiger charge is 2.19. The van der Waals surface area contributed by atoms with Gasteiger partial charge in [-0.2, -0.15) is 0 Å². The zero-order valence-corrected chi connectivity index (χ0v) is 21.3. The van der Waals surface area contributed by atoms with Crippen LogP contribution in [0.1, 0.15) is 29.9 Å². The molecule has 2 aromatic carbocycles. The Morgan fingerprint density at radius 2 is 1.89 bits per heavy atom. The summed E-state index contributed by atoms with van der Waals surface area (Å²) in [6.07, 6.45) is 1.75. The molecule has 2 N–H and O–H groups in total. The van der Waals surface area contributed by atoms with E-state index in [4.69, 9.17) is 11.6 Å². The maximum Gasteiger partial charge on any atom is 0.257 e. The molecule has 1 fully saturated rings. The van der Waals surface area contributed by atoms with Crippen LogP contribution in [0.4, 0.5) is 11.5 Å². The van der Waals surface area contributed by atoms with Gasteiger partial charge in [0.15, 0.2) is 0 Å². The number of aryl methyl sites for hydroxylation is 1. The van der Waals surface area contributed by atoms with Crippen molar-refractivity contribution in [3.63, 3.8) is 0 Å². The van der Waals surface area contributed by atoms with E-state index in [0.717, 1.165) is 22.0 Å². The smallest absolute Gasteiger partial charge is 0.257 e. The van der Waals surface area contributed by atoms with E-state index in [-0.39, 0.29) is 18.4 Å². The molecule has 2 amide bonds. The van der Waals surface area contributed by atoms with Crippen molar-refractivity contribution in [2.75, 3.05) is 29.9 Å². The summed E-state index contributed by atoms with van der Waals surface area (Å²) in [5, 5.41) is 8.34. The summed E-state index contributed by atoms with van der Waals surface area (Å²) in [4.78, 5) is 35.7. The largest absolute Gasteiger partial charge is 0.353 e. The molecule has 36 heavy (non-hydrogen) atoms. The van der Waals surface area contributed by atoms with Crippen molar-refractivity contribution in [3.8, 4) is 11.3 Å². The summed E-state index contributed by atoms with van der Waals surface area (Å²) in [7, 11) is 0. The van der Waals surface area contributed by atoms with Crippen LogP contribution in [0, 0.1) is 6.92 Å². The molecule has 0 aliphatic carbocycles. The number of fused-ring (bicyclic) bond motifs is 1. The average Bonchev–Trinajstić information content (AvgIpc) is 2.90. The lowest BCUT2D eigenvalue weighted by atomic mass is 10.0. The standard InChI is InChI=1S/C26H22ClN5O2.C2H6/c1-16-19(7-9-23(30-16)32-13-12-28-24(33)15-32)26(34)31-18-6-8-22(27)21(14-18)25-20-5-3-2-4-17(20)10-11-29-25;1-2/h2-11,14H,12-13,15H2,1H3,(H,28,33)(H,31,34);1-2H3. The number of carbonyl (C=O) groups excluding carboxylic acids is 2. The van der Waals surface area contributed by atoms with Crippen molar-refractivity contribution < 1.29 is 9.59 Å². The summed E-state index contributed by atoms with van der Waals surface area (Å²) in [6.45, 7) is 7.30. The quantitative estimate of drug-likeness (QED) is 0.387. The van der Waals surface area contributed by atoms with Gasteiger partial charge in [-0.25, -0.2) is 4.98 Å². The molecule has 7 nitrogen and oxygen atoms in total. The molecule has 8 heteroatoms. The highest BCUT2D eigenvalue weighted by Crippen LogP contribution is 2.34. The Labute approximate surface area is 215 Å². The van der Waals surface area contributed by atoms with Gasteiger partial charge in [0.05, 0.1) is 28.5 Å². The molecule has 1 aliphatic heterocycles. The minimum atomic E-state index is -0.271. The molecule has 5 rings (SSSR count). The number of hydrogen-bond donors (Lipinski definition) is 2. The summed E-state index contributed by atoms with van der Waals surface area (Å²) in [5.74, 6) is 0.374. The molecular formula is C28H28ClN5O2. The zero-order chi connectivity index (χ0) is 25.7. The molecule has 0 saturated carbocycles. The van der Waals surface area contributed by atoms with Gasteiger partial charge < -0.3 is 15.5 Å². The zero-order valence-electron chi connectivity index (χ0n) is 20.5. The van der Waals surface area contributed by atoms with E-state index in [9.17, 15) is 9.59 Å². The van der Waals surface area contributed by atoms with Crippen molar-refractivity contribution in [1.82, 2.24) is 15.3 Å².